The molecule has 1 aliphatic heterocycles. The second-order valence-corrected chi connectivity index (χ2v) is 4.97. The summed E-state index contributed by atoms with van der Waals surface area (Å²) in [6, 6.07) is 12.9. The maximum atomic E-state index is 12.2. The summed E-state index contributed by atoms with van der Waals surface area (Å²) in [7, 11) is 0. The summed E-state index contributed by atoms with van der Waals surface area (Å²) in [6.45, 7) is 0.412. The Hall–Kier alpha value is -2.69. The number of benzene rings is 1. The van der Waals surface area contributed by atoms with E-state index in [-0.39, 0.29) is 24.2 Å². The van der Waals surface area contributed by atoms with E-state index in [2.05, 4.69) is 10.3 Å². The summed E-state index contributed by atoms with van der Waals surface area (Å²) in [5.74, 6) is -0.500. The lowest BCUT2D eigenvalue weighted by Gasteiger charge is -2.16. The van der Waals surface area contributed by atoms with Crippen LogP contribution in [0.1, 0.15) is 6.42 Å². The van der Waals surface area contributed by atoms with Crippen LogP contribution in [-0.4, -0.2) is 23.3 Å². The molecule has 1 fully saturated rings. The molecule has 1 aromatic heterocycles. The van der Waals surface area contributed by atoms with Gasteiger partial charge in [-0.1, -0.05) is 18.2 Å². The third kappa shape index (κ3) is 2.91. The van der Waals surface area contributed by atoms with Gasteiger partial charge in [-0.3, -0.25) is 14.6 Å². The minimum absolute atomic E-state index is 0.0208. The van der Waals surface area contributed by atoms with E-state index in [1.807, 2.05) is 30.3 Å². The maximum absolute atomic E-state index is 12.2. The predicted molar refractivity (Wildman–Crippen MR) is 79.8 cm³/mol. The van der Waals surface area contributed by atoms with E-state index < -0.39 is 0 Å². The second kappa shape index (κ2) is 5.75. The van der Waals surface area contributed by atoms with E-state index in [1.165, 1.54) is 0 Å². The van der Waals surface area contributed by atoms with Crippen LogP contribution in [0.3, 0.4) is 0 Å². The molecule has 2 heterocycles. The first kappa shape index (κ1) is 13.3. The molecule has 1 aliphatic rings. The quantitative estimate of drug-likeness (QED) is 0.936. The number of anilines is 2. The molecular formula is C16H15N3O2. The van der Waals surface area contributed by atoms with Crippen molar-refractivity contribution in [2.24, 2.45) is 5.92 Å². The second-order valence-electron chi connectivity index (χ2n) is 4.97. The molecule has 0 spiro atoms. The fourth-order valence-corrected chi connectivity index (χ4v) is 2.42. The number of para-hydroxylation sites is 1. The summed E-state index contributed by atoms with van der Waals surface area (Å²) < 4.78 is 0. The van der Waals surface area contributed by atoms with Gasteiger partial charge >= 0.3 is 0 Å². The van der Waals surface area contributed by atoms with Gasteiger partial charge < -0.3 is 10.2 Å². The molecule has 5 nitrogen and oxygen atoms in total. The van der Waals surface area contributed by atoms with Gasteiger partial charge in [-0.05, 0) is 24.3 Å². The summed E-state index contributed by atoms with van der Waals surface area (Å²) in [4.78, 5) is 29.9. The number of nitrogens with one attached hydrogen (secondary N) is 1. The Bertz CT molecular complexity index is 643. The summed E-state index contributed by atoms with van der Waals surface area (Å²) in [5.41, 5.74) is 1.48. The largest absolute Gasteiger partial charge is 0.324 e. The van der Waals surface area contributed by atoms with E-state index in [4.69, 9.17) is 0 Å². The van der Waals surface area contributed by atoms with E-state index in [9.17, 15) is 9.59 Å². The smallest absolute Gasteiger partial charge is 0.229 e. The topological polar surface area (TPSA) is 62.3 Å². The molecule has 0 saturated carbocycles. The van der Waals surface area contributed by atoms with Crippen LogP contribution in [0.2, 0.25) is 0 Å². The number of hydrogen-bond donors (Lipinski definition) is 1. The molecule has 1 N–H and O–H groups in total. The number of carbonyl (C=O) groups is 2. The van der Waals surface area contributed by atoms with E-state index in [0.717, 1.165) is 5.69 Å². The molecular weight excluding hydrogens is 266 g/mol. The van der Waals surface area contributed by atoms with Gasteiger partial charge in [-0.15, -0.1) is 0 Å². The molecule has 1 saturated heterocycles. The number of aromatic nitrogens is 1. The molecule has 2 aromatic rings. The van der Waals surface area contributed by atoms with Crippen LogP contribution in [0, 0.1) is 5.92 Å². The van der Waals surface area contributed by atoms with Crippen LogP contribution in [0.4, 0.5) is 11.4 Å². The number of hydrogen-bond acceptors (Lipinski definition) is 3. The normalized spacial score (nSPS) is 17.8. The molecule has 1 aromatic carbocycles. The van der Waals surface area contributed by atoms with E-state index >= 15 is 0 Å². The molecule has 0 aliphatic carbocycles. The Morgan fingerprint density at radius 2 is 2.00 bits per heavy atom. The molecule has 3 rings (SSSR count). The standard InChI is InChI=1S/C16H15N3O2/c20-15-9-12(11-19(15)14-6-2-1-3-7-14)16(21)18-13-5-4-8-17-10-13/h1-8,10,12H,9,11H2,(H,18,21). The Morgan fingerprint density at radius 3 is 2.71 bits per heavy atom. The van der Waals surface area contributed by atoms with Crippen molar-refractivity contribution in [3.8, 4) is 0 Å². The van der Waals surface area contributed by atoms with Crippen LogP contribution < -0.4 is 10.2 Å². The fourth-order valence-electron chi connectivity index (χ4n) is 2.42. The van der Waals surface area contributed by atoms with Gasteiger partial charge in [0.15, 0.2) is 0 Å². The lowest BCUT2D eigenvalue weighted by atomic mass is 10.1. The SMILES string of the molecule is O=C(Nc1cccnc1)C1CC(=O)N(c2ccccc2)C1. The van der Waals surface area contributed by atoms with Crippen molar-refractivity contribution in [1.82, 2.24) is 4.98 Å². The molecule has 21 heavy (non-hydrogen) atoms. The third-order valence-electron chi connectivity index (χ3n) is 3.49. The van der Waals surface area contributed by atoms with Gasteiger partial charge in [0, 0.05) is 24.8 Å². The number of rotatable bonds is 3. The van der Waals surface area contributed by atoms with Gasteiger partial charge in [-0.25, -0.2) is 0 Å². The molecule has 0 radical (unpaired) electrons. The lowest BCUT2D eigenvalue weighted by molar-refractivity contribution is -0.122. The van der Waals surface area contributed by atoms with Gasteiger partial charge in [0.25, 0.3) is 0 Å². The minimum Gasteiger partial charge on any atom is -0.324 e. The maximum Gasteiger partial charge on any atom is 0.229 e. The van der Waals surface area contributed by atoms with E-state index in [1.54, 1.807) is 29.4 Å². The molecule has 1 unspecified atom stereocenters. The van der Waals surface area contributed by atoms with Gasteiger partial charge in [-0.2, -0.15) is 0 Å². The van der Waals surface area contributed by atoms with Crippen LogP contribution in [-0.2, 0) is 9.59 Å². The zero-order valence-electron chi connectivity index (χ0n) is 11.4. The zero-order chi connectivity index (χ0) is 14.7. The lowest BCUT2D eigenvalue weighted by Crippen LogP contribution is -2.28. The highest BCUT2D eigenvalue weighted by atomic mass is 16.2. The Labute approximate surface area is 122 Å². The summed E-state index contributed by atoms with van der Waals surface area (Å²) in [5, 5.41) is 2.80. The molecule has 2 amide bonds. The number of nitrogens with zero attached hydrogens (tertiary/aromatic N) is 2. The third-order valence-corrected chi connectivity index (χ3v) is 3.49. The molecule has 0 bridgehead atoms. The van der Waals surface area contributed by atoms with Crippen molar-refractivity contribution in [3.05, 3.63) is 54.9 Å². The highest BCUT2D eigenvalue weighted by Crippen LogP contribution is 2.25. The average molecular weight is 281 g/mol. The first-order chi connectivity index (χ1) is 10.2. The number of amides is 2. The van der Waals surface area contributed by atoms with Crippen molar-refractivity contribution < 1.29 is 9.59 Å². The average Bonchev–Trinajstić information content (AvgIpc) is 2.91. The van der Waals surface area contributed by atoms with Crippen LogP contribution in [0.5, 0.6) is 0 Å². The van der Waals surface area contributed by atoms with Crippen molar-refractivity contribution in [3.63, 3.8) is 0 Å². The van der Waals surface area contributed by atoms with Crippen molar-refractivity contribution in [1.29, 1.82) is 0 Å². The Balaban J connectivity index is 1.68. The van der Waals surface area contributed by atoms with Crippen molar-refractivity contribution in [2.45, 2.75) is 6.42 Å². The zero-order valence-corrected chi connectivity index (χ0v) is 11.4. The first-order valence-electron chi connectivity index (χ1n) is 6.80. The van der Waals surface area contributed by atoms with Crippen LogP contribution >= 0.6 is 0 Å². The summed E-state index contributed by atoms with van der Waals surface area (Å²) >= 11 is 0. The fraction of sp³-hybridized carbons (Fsp3) is 0.188. The summed E-state index contributed by atoms with van der Waals surface area (Å²) in [6.07, 6.45) is 3.47. The number of carbonyl (C=O) groups excluding carboxylic acids is 2. The molecule has 5 heteroatoms. The van der Waals surface area contributed by atoms with Crippen LogP contribution in [0.25, 0.3) is 0 Å². The van der Waals surface area contributed by atoms with E-state index in [0.29, 0.717) is 12.2 Å². The molecule has 106 valence electrons. The van der Waals surface area contributed by atoms with Crippen LogP contribution in [0.15, 0.2) is 54.9 Å². The predicted octanol–water partition coefficient (Wildman–Crippen LogP) is 2.07. The molecule has 1 atom stereocenters. The minimum atomic E-state index is -0.335. The van der Waals surface area contributed by atoms with Crippen molar-refractivity contribution >= 4 is 23.2 Å². The Morgan fingerprint density at radius 1 is 1.19 bits per heavy atom. The Kier molecular flexibility index (Phi) is 3.64. The highest BCUT2D eigenvalue weighted by Gasteiger charge is 2.35. The monoisotopic (exact) mass is 281 g/mol. The van der Waals surface area contributed by atoms with Gasteiger partial charge in [0.05, 0.1) is 17.8 Å². The van der Waals surface area contributed by atoms with Gasteiger partial charge in [0.2, 0.25) is 11.8 Å². The van der Waals surface area contributed by atoms with Gasteiger partial charge in [0.1, 0.15) is 0 Å². The first-order valence-corrected chi connectivity index (χ1v) is 6.80. The van der Waals surface area contributed by atoms with Crippen molar-refractivity contribution in [2.75, 3.05) is 16.8 Å². The highest BCUT2D eigenvalue weighted by molar-refractivity contribution is 6.03. The number of pyridine rings is 1.